The van der Waals surface area contributed by atoms with E-state index < -0.39 is 15.8 Å². The lowest BCUT2D eigenvalue weighted by atomic mass is 10.1. The third-order valence-electron chi connectivity index (χ3n) is 5.57. The highest BCUT2D eigenvalue weighted by molar-refractivity contribution is 7.91. The van der Waals surface area contributed by atoms with E-state index in [4.69, 9.17) is 14.7 Å². The van der Waals surface area contributed by atoms with Crippen molar-refractivity contribution in [2.24, 2.45) is 0 Å². The molecular weight excluding hydrogens is 426 g/mol. The summed E-state index contributed by atoms with van der Waals surface area (Å²) < 4.78 is 22.2. The first-order valence-electron chi connectivity index (χ1n) is 10.4. The fourth-order valence-corrected chi connectivity index (χ4v) is 4.90. The van der Waals surface area contributed by atoms with Gasteiger partial charge in [0.05, 0.1) is 20.1 Å². The maximum Gasteiger partial charge on any atom is 0.242 e. The lowest BCUT2D eigenvalue weighted by Gasteiger charge is -2.16. The Morgan fingerprint density at radius 3 is 2.75 bits per heavy atom. The first-order valence-corrected chi connectivity index (χ1v) is 12.4. The molecule has 0 aliphatic carbocycles. The molecule has 1 aliphatic rings. The van der Waals surface area contributed by atoms with Crippen molar-refractivity contribution in [3.63, 3.8) is 0 Å². The largest absolute Gasteiger partial charge is 0.354 e. The highest BCUT2D eigenvalue weighted by atomic mass is 32.2. The van der Waals surface area contributed by atoms with Gasteiger partial charge in [-0.25, -0.2) is 19.0 Å². The third-order valence-corrected chi connectivity index (χ3v) is 6.76. The molecule has 1 fully saturated rings. The molecule has 3 heterocycles. The minimum absolute atomic E-state index is 0.0591. The molecule has 32 heavy (non-hydrogen) atoms. The van der Waals surface area contributed by atoms with E-state index in [0.29, 0.717) is 40.8 Å². The SMILES string of the molecule is CS(=N)(=O)c1ccccc1-c1nc2c3ccccc3nc(N[C@@H]3CCCCNC3=O)n2n1. The number of aromatic nitrogens is 4. The van der Waals surface area contributed by atoms with Crippen LogP contribution < -0.4 is 10.6 Å². The van der Waals surface area contributed by atoms with Gasteiger partial charge in [0.25, 0.3) is 0 Å². The Balaban J connectivity index is 1.70. The molecule has 0 bridgehead atoms. The van der Waals surface area contributed by atoms with Gasteiger partial charge in [-0.1, -0.05) is 24.3 Å². The normalized spacial score (nSPS) is 18.8. The van der Waals surface area contributed by atoms with Gasteiger partial charge in [-0.15, -0.1) is 5.10 Å². The summed E-state index contributed by atoms with van der Waals surface area (Å²) in [6, 6.07) is 14.2. The fraction of sp³-hybridized carbons (Fsp3) is 0.273. The number of hydrogen-bond donors (Lipinski definition) is 3. The Morgan fingerprint density at radius 1 is 1.12 bits per heavy atom. The van der Waals surface area contributed by atoms with Crippen molar-refractivity contribution in [2.75, 3.05) is 18.1 Å². The molecule has 2 aromatic heterocycles. The Hall–Kier alpha value is -3.53. The average Bonchev–Trinajstić information content (AvgIpc) is 3.13. The first-order chi connectivity index (χ1) is 15.4. The fourth-order valence-electron chi connectivity index (χ4n) is 3.99. The van der Waals surface area contributed by atoms with E-state index in [2.05, 4.69) is 15.7 Å². The Morgan fingerprint density at radius 2 is 1.91 bits per heavy atom. The van der Waals surface area contributed by atoms with Crippen LogP contribution in [0.25, 0.3) is 27.9 Å². The van der Waals surface area contributed by atoms with Crippen LogP contribution in [0.2, 0.25) is 0 Å². The van der Waals surface area contributed by atoms with E-state index in [0.717, 1.165) is 23.7 Å². The van der Waals surface area contributed by atoms with Crippen molar-refractivity contribution in [3.05, 3.63) is 48.5 Å². The molecule has 0 saturated carbocycles. The first kappa shape index (κ1) is 20.4. The van der Waals surface area contributed by atoms with Crippen molar-refractivity contribution in [1.82, 2.24) is 24.9 Å². The zero-order valence-corrected chi connectivity index (χ0v) is 18.4. The van der Waals surface area contributed by atoms with E-state index in [-0.39, 0.29) is 5.91 Å². The Kier molecular flexibility index (Phi) is 5.01. The van der Waals surface area contributed by atoms with Crippen molar-refractivity contribution < 1.29 is 9.00 Å². The number of anilines is 1. The molecule has 1 aliphatic heterocycles. The van der Waals surface area contributed by atoms with Gasteiger partial charge in [0, 0.05) is 23.8 Å². The van der Waals surface area contributed by atoms with Crippen molar-refractivity contribution >= 4 is 38.1 Å². The van der Waals surface area contributed by atoms with E-state index in [1.807, 2.05) is 24.3 Å². The number of benzene rings is 2. The van der Waals surface area contributed by atoms with E-state index in [9.17, 15) is 9.00 Å². The van der Waals surface area contributed by atoms with Gasteiger partial charge in [-0.05, 0) is 43.5 Å². The van der Waals surface area contributed by atoms with Crippen LogP contribution in [-0.4, -0.2) is 48.5 Å². The molecule has 4 aromatic rings. The summed E-state index contributed by atoms with van der Waals surface area (Å²) in [6.07, 6.45) is 3.95. The van der Waals surface area contributed by atoms with Gasteiger partial charge < -0.3 is 10.6 Å². The van der Waals surface area contributed by atoms with E-state index in [1.165, 1.54) is 6.26 Å². The molecule has 3 N–H and O–H groups in total. The van der Waals surface area contributed by atoms with Crippen LogP contribution in [0.3, 0.4) is 0 Å². The summed E-state index contributed by atoms with van der Waals surface area (Å²) in [6.45, 7) is 0.672. The summed E-state index contributed by atoms with van der Waals surface area (Å²) in [4.78, 5) is 22.3. The second-order valence-corrected chi connectivity index (χ2v) is 10.1. The number of hydrogen-bond acceptors (Lipinski definition) is 7. The van der Waals surface area contributed by atoms with Crippen LogP contribution in [0.5, 0.6) is 0 Å². The number of fused-ring (bicyclic) bond motifs is 3. The summed E-state index contributed by atoms with van der Waals surface area (Å²) in [7, 11) is -2.98. The molecule has 2 atom stereocenters. The standard InChI is InChI=1S/C22H23N7O2S/c1-32(23,31)18-12-5-3-9-15(18)19-27-20-14-8-2-4-10-16(14)25-22(29(20)28-19)26-17-11-6-7-13-24-21(17)30/h2-5,8-10,12,17,23H,6-7,11,13H2,1H3,(H,24,30)(H,25,26)/t17-,32?/m1/s1. The predicted octanol–water partition coefficient (Wildman–Crippen LogP) is 3.06. The molecule has 1 unspecified atom stereocenters. The number of carbonyl (C=O) groups is 1. The molecule has 10 heteroatoms. The lowest BCUT2D eigenvalue weighted by Crippen LogP contribution is -2.38. The monoisotopic (exact) mass is 449 g/mol. The average molecular weight is 450 g/mol. The molecule has 1 saturated heterocycles. The lowest BCUT2D eigenvalue weighted by molar-refractivity contribution is -0.121. The predicted molar refractivity (Wildman–Crippen MR) is 123 cm³/mol. The molecule has 2 aromatic carbocycles. The smallest absolute Gasteiger partial charge is 0.242 e. The second kappa shape index (κ2) is 7.86. The van der Waals surface area contributed by atoms with Crippen LogP contribution in [0, 0.1) is 4.78 Å². The van der Waals surface area contributed by atoms with Gasteiger partial charge in [0.1, 0.15) is 6.04 Å². The number of nitrogens with zero attached hydrogens (tertiary/aromatic N) is 4. The summed E-state index contributed by atoms with van der Waals surface area (Å²) in [5, 5.41) is 11.7. The van der Waals surface area contributed by atoms with Gasteiger partial charge in [-0.2, -0.15) is 4.52 Å². The van der Waals surface area contributed by atoms with Crippen molar-refractivity contribution in [1.29, 1.82) is 4.78 Å². The minimum Gasteiger partial charge on any atom is -0.354 e. The number of amides is 1. The number of nitrogens with one attached hydrogen (secondary N) is 3. The zero-order chi connectivity index (χ0) is 22.3. The highest BCUT2D eigenvalue weighted by Gasteiger charge is 2.24. The van der Waals surface area contributed by atoms with Crippen molar-refractivity contribution in [3.8, 4) is 11.4 Å². The van der Waals surface area contributed by atoms with E-state index >= 15 is 0 Å². The van der Waals surface area contributed by atoms with Crippen LogP contribution in [0.4, 0.5) is 5.95 Å². The van der Waals surface area contributed by atoms with Gasteiger partial charge in [-0.3, -0.25) is 4.79 Å². The Labute approximate surface area is 185 Å². The summed E-state index contributed by atoms with van der Waals surface area (Å²) >= 11 is 0. The third kappa shape index (κ3) is 3.66. The van der Waals surface area contributed by atoms with Gasteiger partial charge >= 0.3 is 0 Å². The topological polar surface area (TPSA) is 125 Å². The second-order valence-electron chi connectivity index (χ2n) is 7.95. The zero-order valence-electron chi connectivity index (χ0n) is 17.5. The van der Waals surface area contributed by atoms with Crippen molar-refractivity contribution in [2.45, 2.75) is 30.2 Å². The summed E-state index contributed by atoms with van der Waals surface area (Å²) in [5.74, 6) is 0.713. The molecular formula is C22H23N7O2S. The molecule has 1 amide bonds. The molecule has 164 valence electrons. The van der Waals surface area contributed by atoms with Gasteiger partial charge in [0.15, 0.2) is 11.5 Å². The molecule has 0 radical (unpaired) electrons. The Bertz CT molecular complexity index is 1450. The van der Waals surface area contributed by atoms with Crippen LogP contribution in [-0.2, 0) is 14.5 Å². The highest BCUT2D eigenvalue weighted by Crippen LogP contribution is 2.28. The summed E-state index contributed by atoms with van der Waals surface area (Å²) in [5.41, 5.74) is 1.84. The number of rotatable bonds is 4. The quantitative estimate of drug-likeness (QED) is 0.440. The molecule has 9 nitrogen and oxygen atoms in total. The maximum absolute atomic E-state index is 12.5. The van der Waals surface area contributed by atoms with Crippen LogP contribution >= 0.6 is 0 Å². The number of para-hydroxylation sites is 1. The maximum atomic E-state index is 12.5. The number of carbonyl (C=O) groups excluding carboxylic acids is 1. The molecule has 0 spiro atoms. The van der Waals surface area contributed by atoms with Crippen LogP contribution in [0.15, 0.2) is 53.4 Å². The van der Waals surface area contributed by atoms with Crippen LogP contribution in [0.1, 0.15) is 19.3 Å². The van der Waals surface area contributed by atoms with E-state index in [1.54, 1.807) is 28.8 Å². The van der Waals surface area contributed by atoms with Gasteiger partial charge in [0.2, 0.25) is 11.9 Å². The molecule has 5 rings (SSSR count). The minimum atomic E-state index is -2.98.